The maximum absolute atomic E-state index is 10.8. The third-order valence-electron chi connectivity index (χ3n) is 2.30. The Balaban J connectivity index is 3.82. The average molecular weight is 274 g/mol. The van der Waals surface area contributed by atoms with Crippen LogP contribution in [0.5, 0.6) is 0 Å². The first-order chi connectivity index (χ1) is 7.17. The van der Waals surface area contributed by atoms with Crippen molar-refractivity contribution in [3.63, 3.8) is 0 Å². The topological polar surface area (TPSA) is 109 Å². The van der Waals surface area contributed by atoms with Crippen molar-refractivity contribution in [2.45, 2.75) is 44.3 Å². The van der Waals surface area contributed by atoms with Gasteiger partial charge in [0.2, 0.25) is 0 Å². The van der Waals surface area contributed by atoms with E-state index in [-0.39, 0.29) is 5.75 Å². The van der Waals surface area contributed by atoms with Crippen LogP contribution >= 0.6 is 0 Å². The second kappa shape index (κ2) is 6.53. The Kier molecular flexibility index (Phi) is 6.46. The van der Waals surface area contributed by atoms with Crippen molar-refractivity contribution in [3.8, 4) is 0 Å². The molecule has 0 aliphatic heterocycles. The summed E-state index contributed by atoms with van der Waals surface area (Å²) in [5, 5.41) is -0.779. The van der Waals surface area contributed by atoms with Crippen LogP contribution in [0, 0.1) is 0 Å². The van der Waals surface area contributed by atoms with Crippen LogP contribution in [-0.2, 0) is 20.2 Å². The Morgan fingerprint density at radius 3 is 1.94 bits per heavy atom. The zero-order valence-electron chi connectivity index (χ0n) is 9.16. The molecule has 0 spiro atoms. The van der Waals surface area contributed by atoms with Gasteiger partial charge in [0.05, 0.1) is 11.0 Å². The Labute approximate surface area is 96.6 Å². The molecule has 0 fully saturated rings. The van der Waals surface area contributed by atoms with Crippen LogP contribution < -0.4 is 0 Å². The van der Waals surface area contributed by atoms with Gasteiger partial charge >= 0.3 is 0 Å². The van der Waals surface area contributed by atoms with Crippen LogP contribution in [0.2, 0.25) is 0 Å². The van der Waals surface area contributed by atoms with Gasteiger partial charge in [-0.3, -0.25) is 9.11 Å². The van der Waals surface area contributed by atoms with E-state index in [4.69, 9.17) is 9.11 Å². The van der Waals surface area contributed by atoms with E-state index in [1.54, 1.807) is 6.92 Å². The van der Waals surface area contributed by atoms with E-state index in [0.717, 1.165) is 0 Å². The average Bonchev–Trinajstić information content (AvgIpc) is 2.07. The van der Waals surface area contributed by atoms with Crippen molar-refractivity contribution in [1.29, 1.82) is 0 Å². The van der Waals surface area contributed by atoms with E-state index >= 15 is 0 Å². The van der Waals surface area contributed by atoms with E-state index in [1.807, 2.05) is 0 Å². The van der Waals surface area contributed by atoms with Gasteiger partial charge in [0, 0.05) is 0 Å². The minimum absolute atomic E-state index is 0.292. The van der Waals surface area contributed by atoms with Gasteiger partial charge in [-0.05, 0) is 19.3 Å². The zero-order chi connectivity index (χ0) is 12.8. The van der Waals surface area contributed by atoms with E-state index in [1.165, 1.54) is 0 Å². The first kappa shape index (κ1) is 15.8. The van der Waals surface area contributed by atoms with E-state index in [9.17, 15) is 16.8 Å². The fourth-order valence-electron chi connectivity index (χ4n) is 1.40. The fourth-order valence-corrected chi connectivity index (χ4v) is 2.85. The van der Waals surface area contributed by atoms with Crippen molar-refractivity contribution < 1.29 is 25.9 Å². The minimum atomic E-state index is -4.00. The normalized spacial score (nSPS) is 14.9. The highest BCUT2D eigenvalue weighted by Crippen LogP contribution is 2.13. The van der Waals surface area contributed by atoms with Gasteiger partial charge < -0.3 is 0 Å². The van der Waals surface area contributed by atoms with Crippen molar-refractivity contribution in [2.75, 3.05) is 5.75 Å². The third kappa shape index (κ3) is 8.03. The molecule has 16 heavy (non-hydrogen) atoms. The molecule has 2 N–H and O–H groups in total. The summed E-state index contributed by atoms with van der Waals surface area (Å²) in [6, 6.07) is 0. The molecular formula is C8H18O6S2. The summed E-state index contributed by atoms with van der Waals surface area (Å²) in [6.45, 7) is 1.66. The maximum atomic E-state index is 10.8. The Morgan fingerprint density at radius 1 is 1.00 bits per heavy atom. The number of unbranched alkanes of at least 4 members (excludes halogenated alkanes) is 2. The van der Waals surface area contributed by atoms with Gasteiger partial charge in [-0.25, -0.2) is 0 Å². The molecule has 0 aromatic heterocycles. The summed E-state index contributed by atoms with van der Waals surface area (Å²) < 4.78 is 59.6. The van der Waals surface area contributed by atoms with Crippen molar-refractivity contribution in [2.24, 2.45) is 0 Å². The van der Waals surface area contributed by atoms with Crippen LogP contribution in [0.15, 0.2) is 0 Å². The van der Waals surface area contributed by atoms with Gasteiger partial charge in [0.25, 0.3) is 20.2 Å². The summed E-state index contributed by atoms with van der Waals surface area (Å²) in [4.78, 5) is 0. The SMILES string of the molecule is CCC(CCCCCS(=O)(=O)O)S(=O)(=O)O. The van der Waals surface area contributed by atoms with E-state index < -0.39 is 25.5 Å². The van der Waals surface area contributed by atoms with Crippen LogP contribution in [-0.4, -0.2) is 36.9 Å². The molecule has 8 heteroatoms. The van der Waals surface area contributed by atoms with Crippen molar-refractivity contribution in [1.82, 2.24) is 0 Å². The second-order valence-corrected chi connectivity index (χ2v) is 6.95. The number of hydrogen-bond acceptors (Lipinski definition) is 4. The lowest BCUT2D eigenvalue weighted by atomic mass is 10.1. The third-order valence-corrected chi connectivity index (χ3v) is 4.52. The molecular weight excluding hydrogens is 256 g/mol. The van der Waals surface area contributed by atoms with Gasteiger partial charge in [-0.1, -0.05) is 19.8 Å². The van der Waals surface area contributed by atoms with Gasteiger partial charge in [-0.15, -0.1) is 0 Å². The molecule has 0 rings (SSSR count). The number of hydrogen-bond donors (Lipinski definition) is 2. The van der Waals surface area contributed by atoms with Crippen molar-refractivity contribution >= 4 is 20.2 Å². The van der Waals surface area contributed by atoms with E-state index in [0.29, 0.717) is 32.1 Å². The number of rotatable bonds is 8. The maximum Gasteiger partial charge on any atom is 0.267 e. The Morgan fingerprint density at radius 2 is 1.56 bits per heavy atom. The van der Waals surface area contributed by atoms with E-state index in [2.05, 4.69) is 0 Å². The zero-order valence-corrected chi connectivity index (χ0v) is 10.8. The van der Waals surface area contributed by atoms with Gasteiger partial charge in [0.15, 0.2) is 0 Å². The molecule has 0 amide bonds. The molecule has 98 valence electrons. The highest BCUT2D eigenvalue weighted by atomic mass is 32.2. The standard InChI is InChI=1S/C8H18O6S2/c1-2-8(16(12,13)14)6-4-3-5-7-15(9,10)11/h8H,2-7H2,1H3,(H,9,10,11)(H,12,13,14). The summed E-state index contributed by atoms with van der Waals surface area (Å²) >= 11 is 0. The van der Waals surface area contributed by atoms with Gasteiger partial charge in [-0.2, -0.15) is 16.8 Å². The summed E-state index contributed by atoms with van der Waals surface area (Å²) in [5.74, 6) is -0.310. The van der Waals surface area contributed by atoms with Crippen LogP contribution in [0.4, 0.5) is 0 Å². The second-order valence-electron chi connectivity index (χ2n) is 3.68. The molecule has 0 saturated carbocycles. The lowest BCUT2D eigenvalue weighted by molar-refractivity contribution is 0.452. The molecule has 0 aromatic rings. The van der Waals surface area contributed by atoms with Crippen molar-refractivity contribution in [3.05, 3.63) is 0 Å². The summed E-state index contributed by atoms with van der Waals surface area (Å²) in [7, 11) is -7.92. The lowest BCUT2D eigenvalue weighted by Crippen LogP contribution is -2.19. The Hall–Kier alpha value is -0.180. The largest absolute Gasteiger partial charge is 0.286 e. The first-order valence-corrected chi connectivity index (χ1v) is 8.19. The Bertz CT molecular complexity index is 383. The summed E-state index contributed by atoms with van der Waals surface area (Å²) in [6.07, 6.45) is 1.94. The summed E-state index contributed by atoms with van der Waals surface area (Å²) in [5.41, 5.74) is 0. The molecule has 0 aliphatic rings. The fraction of sp³-hybridized carbons (Fsp3) is 1.00. The highest BCUT2D eigenvalue weighted by Gasteiger charge is 2.19. The molecule has 0 saturated heterocycles. The molecule has 0 radical (unpaired) electrons. The smallest absolute Gasteiger partial charge is 0.267 e. The molecule has 0 heterocycles. The molecule has 0 aliphatic carbocycles. The van der Waals surface area contributed by atoms with Crippen LogP contribution in [0.25, 0.3) is 0 Å². The molecule has 1 atom stereocenters. The van der Waals surface area contributed by atoms with Gasteiger partial charge in [0.1, 0.15) is 0 Å². The first-order valence-electron chi connectivity index (χ1n) is 5.08. The predicted molar refractivity (Wildman–Crippen MR) is 60.5 cm³/mol. The van der Waals surface area contributed by atoms with Crippen LogP contribution in [0.1, 0.15) is 39.0 Å². The predicted octanol–water partition coefficient (Wildman–Crippen LogP) is 1.10. The molecule has 0 aromatic carbocycles. The van der Waals surface area contributed by atoms with Crippen LogP contribution in [0.3, 0.4) is 0 Å². The minimum Gasteiger partial charge on any atom is -0.286 e. The molecule has 0 bridgehead atoms. The molecule has 1 unspecified atom stereocenters. The quantitative estimate of drug-likeness (QED) is 0.507. The monoisotopic (exact) mass is 274 g/mol. The lowest BCUT2D eigenvalue weighted by Gasteiger charge is -2.10. The molecule has 6 nitrogen and oxygen atoms in total. The highest BCUT2D eigenvalue weighted by molar-refractivity contribution is 7.86.